The molecule has 1 N–H and O–H groups in total. The lowest BCUT2D eigenvalue weighted by molar-refractivity contribution is 0.0373. The number of aromatic amines is 1. The summed E-state index contributed by atoms with van der Waals surface area (Å²) in [6, 6.07) is 2.57. The smallest absolute Gasteiger partial charge is 0.257 e. The molecule has 2 aliphatic rings. The van der Waals surface area contributed by atoms with Gasteiger partial charge in [-0.05, 0) is 30.8 Å². The van der Waals surface area contributed by atoms with Crippen molar-refractivity contribution in [3.05, 3.63) is 28.6 Å². The normalized spacial score (nSPS) is 22.5. The molecule has 5 nitrogen and oxygen atoms in total. The standard InChI is InChI=1S/C16H20N4OS/c21-16(14-9-17-18-15(14)12-4-8-22-11-12)20-7-6-19-5-2-1-3-13(19)10-20/h4,8-9,11,13H,1-3,5-7,10H2,(H,17,18). The van der Waals surface area contributed by atoms with Crippen molar-refractivity contribution in [2.75, 3.05) is 26.2 Å². The summed E-state index contributed by atoms with van der Waals surface area (Å²) in [5.74, 6) is 0.111. The molecule has 0 saturated carbocycles. The van der Waals surface area contributed by atoms with Crippen LogP contribution in [0.3, 0.4) is 0 Å². The van der Waals surface area contributed by atoms with E-state index in [2.05, 4.69) is 15.1 Å². The summed E-state index contributed by atoms with van der Waals surface area (Å²) in [4.78, 5) is 17.5. The van der Waals surface area contributed by atoms with Crippen molar-refractivity contribution in [1.29, 1.82) is 0 Å². The summed E-state index contributed by atoms with van der Waals surface area (Å²) in [5, 5.41) is 11.1. The summed E-state index contributed by atoms with van der Waals surface area (Å²) >= 11 is 1.63. The van der Waals surface area contributed by atoms with Gasteiger partial charge in [0.1, 0.15) is 0 Å². The van der Waals surface area contributed by atoms with Crippen LogP contribution in [0.1, 0.15) is 29.6 Å². The molecule has 2 aromatic heterocycles. The second kappa shape index (κ2) is 5.85. The molecule has 116 valence electrons. The van der Waals surface area contributed by atoms with Crippen molar-refractivity contribution in [3.63, 3.8) is 0 Å². The molecule has 2 aromatic rings. The molecule has 1 amide bonds. The van der Waals surface area contributed by atoms with Crippen molar-refractivity contribution in [3.8, 4) is 11.3 Å². The van der Waals surface area contributed by atoms with Crippen molar-refractivity contribution in [1.82, 2.24) is 20.0 Å². The first-order valence-corrected chi connectivity index (χ1v) is 8.86. The number of hydrogen-bond donors (Lipinski definition) is 1. The van der Waals surface area contributed by atoms with Crippen molar-refractivity contribution >= 4 is 17.2 Å². The summed E-state index contributed by atoms with van der Waals surface area (Å²) in [6.07, 6.45) is 5.47. The molecule has 4 rings (SSSR count). The zero-order valence-corrected chi connectivity index (χ0v) is 13.3. The zero-order valence-electron chi connectivity index (χ0n) is 12.5. The Kier molecular flexibility index (Phi) is 3.72. The number of carbonyl (C=O) groups is 1. The highest BCUT2D eigenvalue weighted by Crippen LogP contribution is 2.26. The molecule has 6 heteroatoms. The molecule has 1 unspecified atom stereocenters. The molecular weight excluding hydrogens is 296 g/mol. The molecule has 0 spiro atoms. The largest absolute Gasteiger partial charge is 0.336 e. The van der Waals surface area contributed by atoms with Crippen LogP contribution >= 0.6 is 11.3 Å². The van der Waals surface area contributed by atoms with Gasteiger partial charge in [-0.3, -0.25) is 14.8 Å². The van der Waals surface area contributed by atoms with Gasteiger partial charge in [-0.15, -0.1) is 0 Å². The van der Waals surface area contributed by atoms with Gasteiger partial charge in [0.2, 0.25) is 0 Å². The van der Waals surface area contributed by atoms with E-state index < -0.39 is 0 Å². The van der Waals surface area contributed by atoms with Gasteiger partial charge in [0.05, 0.1) is 17.5 Å². The Morgan fingerprint density at radius 1 is 1.32 bits per heavy atom. The minimum atomic E-state index is 0.111. The minimum Gasteiger partial charge on any atom is -0.336 e. The highest BCUT2D eigenvalue weighted by atomic mass is 32.1. The van der Waals surface area contributed by atoms with Gasteiger partial charge in [0.25, 0.3) is 5.91 Å². The third kappa shape index (κ3) is 2.46. The van der Waals surface area contributed by atoms with Crippen molar-refractivity contribution in [2.24, 2.45) is 0 Å². The topological polar surface area (TPSA) is 52.2 Å². The quantitative estimate of drug-likeness (QED) is 0.926. The summed E-state index contributed by atoms with van der Waals surface area (Å²) < 4.78 is 0. The molecule has 4 heterocycles. The van der Waals surface area contributed by atoms with Gasteiger partial charge in [-0.1, -0.05) is 6.42 Å². The third-order valence-electron chi connectivity index (χ3n) is 4.80. The van der Waals surface area contributed by atoms with Crippen molar-refractivity contribution in [2.45, 2.75) is 25.3 Å². The van der Waals surface area contributed by atoms with E-state index in [1.165, 1.54) is 25.8 Å². The van der Waals surface area contributed by atoms with Crippen LogP contribution in [0.5, 0.6) is 0 Å². The van der Waals surface area contributed by atoms with E-state index in [0.717, 1.165) is 30.9 Å². The Morgan fingerprint density at radius 3 is 3.14 bits per heavy atom. The zero-order chi connectivity index (χ0) is 14.9. The van der Waals surface area contributed by atoms with Gasteiger partial charge in [-0.2, -0.15) is 16.4 Å². The number of carbonyl (C=O) groups excluding carboxylic acids is 1. The van der Waals surface area contributed by atoms with Crippen LogP contribution in [0.25, 0.3) is 11.3 Å². The molecule has 0 radical (unpaired) electrons. The predicted molar refractivity (Wildman–Crippen MR) is 87.0 cm³/mol. The van der Waals surface area contributed by atoms with E-state index in [1.807, 2.05) is 21.7 Å². The maximum absolute atomic E-state index is 12.9. The first kappa shape index (κ1) is 14.0. The number of thiophene rings is 1. The fourth-order valence-corrected chi connectivity index (χ4v) is 4.23. The third-order valence-corrected chi connectivity index (χ3v) is 5.49. The van der Waals surface area contributed by atoms with Crippen LogP contribution in [0, 0.1) is 0 Å². The number of piperidine rings is 1. The van der Waals surface area contributed by atoms with Crippen LogP contribution in [0.15, 0.2) is 23.0 Å². The molecule has 22 heavy (non-hydrogen) atoms. The Hall–Kier alpha value is -1.66. The molecule has 0 bridgehead atoms. The fourth-order valence-electron chi connectivity index (χ4n) is 3.59. The highest BCUT2D eigenvalue weighted by molar-refractivity contribution is 7.08. The SMILES string of the molecule is O=C(c1cn[nH]c1-c1ccsc1)N1CCN2CCCCC2C1. The monoisotopic (exact) mass is 316 g/mol. The Morgan fingerprint density at radius 2 is 2.27 bits per heavy atom. The maximum atomic E-state index is 12.9. The number of nitrogens with zero attached hydrogens (tertiary/aromatic N) is 3. The number of piperazine rings is 1. The second-order valence-corrected chi connectivity index (χ2v) is 6.89. The fraction of sp³-hybridized carbons (Fsp3) is 0.500. The van der Waals surface area contributed by atoms with Crippen LogP contribution in [0.4, 0.5) is 0 Å². The van der Waals surface area contributed by atoms with Crippen LogP contribution in [0.2, 0.25) is 0 Å². The molecule has 0 aliphatic carbocycles. The van der Waals surface area contributed by atoms with Crippen LogP contribution < -0.4 is 0 Å². The molecule has 2 saturated heterocycles. The van der Waals surface area contributed by atoms with E-state index in [4.69, 9.17) is 0 Å². The molecule has 1 atom stereocenters. The Bertz CT molecular complexity index is 651. The highest BCUT2D eigenvalue weighted by Gasteiger charge is 2.32. The average molecular weight is 316 g/mol. The van der Waals surface area contributed by atoms with Gasteiger partial charge in [0, 0.05) is 36.6 Å². The molecule has 2 aliphatic heterocycles. The summed E-state index contributed by atoms with van der Waals surface area (Å²) in [6.45, 7) is 3.87. The van der Waals surface area contributed by atoms with E-state index in [9.17, 15) is 4.79 Å². The second-order valence-electron chi connectivity index (χ2n) is 6.11. The molecule has 2 fully saturated rings. The number of nitrogens with one attached hydrogen (secondary N) is 1. The Labute approximate surface area is 133 Å². The number of hydrogen-bond acceptors (Lipinski definition) is 4. The van der Waals surface area contributed by atoms with Crippen molar-refractivity contribution < 1.29 is 4.79 Å². The summed E-state index contributed by atoms with van der Waals surface area (Å²) in [5.41, 5.74) is 2.59. The summed E-state index contributed by atoms with van der Waals surface area (Å²) in [7, 11) is 0. The minimum absolute atomic E-state index is 0.111. The van der Waals surface area contributed by atoms with E-state index in [0.29, 0.717) is 11.6 Å². The maximum Gasteiger partial charge on any atom is 0.257 e. The van der Waals surface area contributed by atoms with Gasteiger partial charge >= 0.3 is 0 Å². The molecule has 0 aromatic carbocycles. The lowest BCUT2D eigenvalue weighted by Gasteiger charge is -2.44. The number of amides is 1. The number of fused-ring (bicyclic) bond motifs is 1. The molecular formula is C16H20N4OS. The first-order chi connectivity index (χ1) is 10.8. The lowest BCUT2D eigenvalue weighted by atomic mass is 9.99. The predicted octanol–water partition coefficient (Wildman–Crippen LogP) is 2.45. The number of aromatic nitrogens is 2. The van der Waals surface area contributed by atoms with E-state index in [-0.39, 0.29) is 5.91 Å². The van der Waals surface area contributed by atoms with E-state index in [1.54, 1.807) is 17.5 Å². The average Bonchev–Trinajstić information content (AvgIpc) is 3.24. The van der Waals surface area contributed by atoms with Crippen LogP contribution in [-0.4, -0.2) is 58.1 Å². The first-order valence-electron chi connectivity index (χ1n) is 7.92. The van der Waals surface area contributed by atoms with E-state index >= 15 is 0 Å². The van der Waals surface area contributed by atoms with Gasteiger partial charge < -0.3 is 4.90 Å². The Balaban J connectivity index is 1.54. The number of rotatable bonds is 2. The van der Waals surface area contributed by atoms with Gasteiger partial charge in [-0.25, -0.2) is 0 Å². The number of H-pyrrole nitrogens is 1. The lowest BCUT2D eigenvalue weighted by Crippen LogP contribution is -2.56. The van der Waals surface area contributed by atoms with Gasteiger partial charge in [0.15, 0.2) is 0 Å². The van der Waals surface area contributed by atoms with Crippen LogP contribution in [-0.2, 0) is 0 Å².